The Bertz CT molecular complexity index is 819. The molecule has 1 aliphatic heterocycles. The third kappa shape index (κ3) is 4.95. The molecule has 2 heterocycles. The number of ether oxygens (including phenoxy) is 1. The molecule has 0 atom stereocenters. The van der Waals surface area contributed by atoms with Crippen LogP contribution in [-0.2, 0) is 10.0 Å². The van der Waals surface area contributed by atoms with Crippen molar-refractivity contribution in [1.29, 1.82) is 0 Å². The van der Waals surface area contributed by atoms with Crippen LogP contribution in [0.3, 0.4) is 0 Å². The number of rotatable bonds is 7. The maximum Gasteiger partial charge on any atom is 0.252 e. The molecule has 0 unspecified atom stereocenters. The second-order valence-corrected chi connectivity index (χ2v) is 9.84. The lowest BCUT2D eigenvalue weighted by Crippen LogP contribution is -2.48. The zero-order valence-corrected chi connectivity index (χ0v) is 16.5. The standard InChI is InChI=1S/C17H20ClFN2O3S2/c18-16-6-7-17(25-16)26(22,23)21-11-9-20(10-12-21)8-1-13-24-15-4-2-14(19)3-5-15/h2-7H,1,8-13H2. The van der Waals surface area contributed by atoms with E-state index in [0.29, 0.717) is 47.1 Å². The van der Waals surface area contributed by atoms with Gasteiger partial charge >= 0.3 is 0 Å². The SMILES string of the molecule is O=S(=O)(c1ccc(Cl)s1)N1CCN(CCCOc2ccc(F)cc2)CC1. The molecule has 0 bridgehead atoms. The van der Waals surface area contributed by atoms with E-state index in [-0.39, 0.29) is 5.82 Å². The van der Waals surface area contributed by atoms with E-state index in [1.807, 2.05) is 0 Å². The van der Waals surface area contributed by atoms with Crippen LogP contribution in [-0.4, -0.2) is 57.0 Å². The number of benzene rings is 1. The Morgan fingerprint density at radius 2 is 1.77 bits per heavy atom. The lowest BCUT2D eigenvalue weighted by Gasteiger charge is -2.33. The number of piperazine rings is 1. The average Bonchev–Trinajstić information content (AvgIpc) is 3.08. The summed E-state index contributed by atoms with van der Waals surface area (Å²) < 4.78 is 45.8. The molecule has 1 aromatic carbocycles. The van der Waals surface area contributed by atoms with Gasteiger partial charge < -0.3 is 9.64 Å². The van der Waals surface area contributed by atoms with Crippen LogP contribution in [0.2, 0.25) is 4.34 Å². The van der Waals surface area contributed by atoms with Gasteiger partial charge in [-0.15, -0.1) is 11.3 Å². The van der Waals surface area contributed by atoms with Crippen LogP contribution < -0.4 is 4.74 Å². The van der Waals surface area contributed by atoms with Crippen molar-refractivity contribution < 1.29 is 17.5 Å². The molecule has 0 aliphatic carbocycles. The van der Waals surface area contributed by atoms with E-state index < -0.39 is 10.0 Å². The Balaban J connectivity index is 1.40. The van der Waals surface area contributed by atoms with Crippen LogP contribution in [0.1, 0.15) is 6.42 Å². The van der Waals surface area contributed by atoms with Crippen LogP contribution >= 0.6 is 22.9 Å². The second kappa shape index (κ2) is 8.67. The van der Waals surface area contributed by atoms with Crippen molar-refractivity contribution in [3.8, 4) is 5.75 Å². The molecule has 1 fully saturated rings. The number of sulfonamides is 1. The summed E-state index contributed by atoms with van der Waals surface area (Å²) >= 11 is 6.94. The molecule has 9 heteroatoms. The molecule has 0 spiro atoms. The summed E-state index contributed by atoms with van der Waals surface area (Å²) in [5, 5.41) is 0. The maximum absolute atomic E-state index is 12.8. The molecule has 1 aromatic heterocycles. The second-order valence-electron chi connectivity index (χ2n) is 5.96. The van der Waals surface area contributed by atoms with E-state index in [4.69, 9.17) is 16.3 Å². The van der Waals surface area contributed by atoms with Crippen molar-refractivity contribution in [2.45, 2.75) is 10.6 Å². The molecule has 0 radical (unpaired) electrons. The molecule has 0 amide bonds. The number of nitrogens with zero attached hydrogens (tertiary/aromatic N) is 2. The highest BCUT2D eigenvalue weighted by atomic mass is 35.5. The summed E-state index contributed by atoms with van der Waals surface area (Å²) in [5.41, 5.74) is 0. The van der Waals surface area contributed by atoms with E-state index >= 15 is 0 Å². The summed E-state index contributed by atoms with van der Waals surface area (Å²) in [4.78, 5) is 2.22. The fourth-order valence-corrected chi connectivity index (χ4v) is 5.83. The van der Waals surface area contributed by atoms with Crippen LogP contribution in [0, 0.1) is 5.82 Å². The minimum atomic E-state index is -3.44. The van der Waals surface area contributed by atoms with Gasteiger partial charge in [0, 0.05) is 32.7 Å². The van der Waals surface area contributed by atoms with Crippen molar-refractivity contribution in [2.75, 3.05) is 39.3 Å². The molecule has 3 rings (SSSR count). The number of hydrogen-bond acceptors (Lipinski definition) is 5. The third-order valence-electron chi connectivity index (χ3n) is 4.18. The smallest absolute Gasteiger partial charge is 0.252 e. The molecule has 142 valence electrons. The summed E-state index contributed by atoms with van der Waals surface area (Å²) in [6.07, 6.45) is 0.824. The molecular weight excluding hydrogens is 399 g/mol. The first-order valence-corrected chi connectivity index (χ1v) is 10.9. The van der Waals surface area contributed by atoms with Crippen LogP contribution in [0.4, 0.5) is 4.39 Å². The normalized spacial score (nSPS) is 16.7. The molecule has 1 saturated heterocycles. The summed E-state index contributed by atoms with van der Waals surface area (Å²) in [5.74, 6) is 0.368. The van der Waals surface area contributed by atoms with Crippen LogP contribution in [0.25, 0.3) is 0 Å². The number of hydrogen-bond donors (Lipinski definition) is 0. The zero-order chi connectivity index (χ0) is 18.6. The first kappa shape index (κ1) is 19.6. The zero-order valence-electron chi connectivity index (χ0n) is 14.1. The van der Waals surface area contributed by atoms with Gasteiger partial charge in [-0.05, 0) is 42.8 Å². The molecule has 2 aromatic rings. The number of thiophene rings is 1. The summed E-state index contributed by atoms with van der Waals surface area (Å²) in [6, 6.07) is 9.12. The van der Waals surface area contributed by atoms with Gasteiger partial charge in [0.1, 0.15) is 15.8 Å². The highest BCUT2D eigenvalue weighted by Gasteiger charge is 2.29. The molecule has 26 heavy (non-hydrogen) atoms. The third-order valence-corrected chi connectivity index (χ3v) is 7.77. The van der Waals surface area contributed by atoms with Gasteiger partial charge in [-0.3, -0.25) is 0 Å². The molecule has 0 N–H and O–H groups in total. The van der Waals surface area contributed by atoms with Gasteiger partial charge in [0.2, 0.25) is 0 Å². The van der Waals surface area contributed by atoms with E-state index in [1.165, 1.54) is 16.4 Å². The summed E-state index contributed by atoms with van der Waals surface area (Å²) in [7, 11) is -3.44. The Labute approximate surface area is 162 Å². The predicted molar refractivity (Wildman–Crippen MR) is 101 cm³/mol. The van der Waals surface area contributed by atoms with Crippen LogP contribution in [0.15, 0.2) is 40.6 Å². The molecule has 0 saturated carbocycles. The van der Waals surface area contributed by atoms with E-state index in [2.05, 4.69) is 4.90 Å². The Morgan fingerprint density at radius 1 is 1.08 bits per heavy atom. The molecular formula is C17H20ClFN2O3S2. The monoisotopic (exact) mass is 418 g/mol. The van der Waals surface area contributed by atoms with Gasteiger partial charge in [0.05, 0.1) is 10.9 Å². The first-order valence-electron chi connectivity index (χ1n) is 8.31. The van der Waals surface area contributed by atoms with Crippen molar-refractivity contribution in [3.05, 3.63) is 46.6 Å². The van der Waals surface area contributed by atoms with Gasteiger partial charge in [0.25, 0.3) is 10.0 Å². The summed E-state index contributed by atoms with van der Waals surface area (Å²) in [6.45, 7) is 3.69. The van der Waals surface area contributed by atoms with Crippen molar-refractivity contribution in [3.63, 3.8) is 0 Å². The first-order chi connectivity index (χ1) is 12.4. The van der Waals surface area contributed by atoms with E-state index in [0.717, 1.165) is 24.3 Å². The maximum atomic E-state index is 12.8. The van der Waals surface area contributed by atoms with Crippen molar-refractivity contribution in [1.82, 2.24) is 9.21 Å². The lowest BCUT2D eigenvalue weighted by atomic mass is 10.3. The topological polar surface area (TPSA) is 49.9 Å². The van der Waals surface area contributed by atoms with Gasteiger partial charge in [-0.25, -0.2) is 12.8 Å². The fraction of sp³-hybridized carbons (Fsp3) is 0.412. The van der Waals surface area contributed by atoms with Gasteiger partial charge in [-0.1, -0.05) is 11.6 Å². The van der Waals surface area contributed by atoms with Crippen molar-refractivity contribution >= 4 is 33.0 Å². The molecule has 1 aliphatic rings. The van der Waals surface area contributed by atoms with Crippen LogP contribution in [0.5, 0.6) is 5.75 Å². The van der Waals surface area contributed by atoms with E-state index in [9.17, 15) is 12.8 Å². The average molecular weight is 419 g/mol. The predicted octanol–water partition coefficient (Wildman–Crippen LogP) is 3.32. The Hall–Kier alpha value is -1.19. The van der Waals surface area contributed by atoms with Gasteiger partial charge in [-0.2, -0.15) is 4.31 Å². The Kier molecular flexibility index (Phi) is 6.52. The highest BCUT2D eigenvalue weighted by Crippen LogP contribution is 2.28. The molecule has 5 nitrogen and oxygen atoms in total. The lowest BCUT2D eigenvalue weighted by molar-refractivity contribution is 0.175. The van der Waals surface area contributed by atoms with Crippen molar-refractivity contribution in [2.24, 2.45) is 0 Å². The fourth-order valence-electron chi connectivity index (χ4n) is 2.77. The largest absolute Gasteiger partial charge is 0.494 e. The minimum absolute atomic E-state index is 0.282. The quantitative estimate of drug-likeness (QED) is 0.647. The van der Waals surface area contributed by atoms with Gasteiger partial charge in [0.15, 0.2) is 0 Å². The highest BCUT2D eigenvalue weighted by molar-refractivity contribution is 7.91. The Morgan fingerprint density at radius 3 is 2.38 bits per heavy atom. The van der Waals surface area contributed by atoms with E-state index in [1.54, 1.807) is 24.3 Å². The minimum Gasteiger partial charge on any atom is -0.494 e. The number of halogens is 2.